The first-order valence-electron chi connectivity index (χ1n) is 8.27. The van der Waals surface area contributed by atoms with Gasteiger partial charge in [0.25, 0.3) is 5.91 Å². The van der Waals surface area contributed by atoms with Crippen LogP contribution in [0, 0.1) is 19.8 Å². The predicted octanol–water partition coefficient (Wildman–Crippen LogP) is 3.58. The molecule has 0 unspecified atom stereocenters. The quantitative estimate of drug-likeness (QED) is 0.884. The zero-order valence-corrected chi connectivity index (χ0v) is 14.1. The first-order valence-corrected chi connectivity index (χ1v) is 8.27. The monoisotopic (exact) mass is 322 g/mol. The van der Waals surface area contributed by atoms with Gasteiger partial charge in [-0.2, -0.15) is 0 Å². The normalized spacial score (nSPS) is 13.4. The number of nitrogens with one attached hydrogen (secondary N) is 2. The van der Waals surface area contributed by atoms with Gasteiger partial charge in [-0.05, 0) is 56.5 Å². The molecule has 3 rings (SSSR count). The summed E-state index contributed by atoms with van der Waals surface area (Å²) >= 11 is 0. The van der Waals surface area contributed by atoms with Gasteiger partial charge in [-0.3, -0.25) is 9.59 Å². The number of carbonyl (C=O) groups is 2. The van der Waals surface area contributed by atoms with E-state index >= 15 is 0 Å². The van der Waals surface area contributed by atoms with Gasteiger partial charge in [0.05, 0.1) is 0 Å². The first kappa shape index (κ1) is 16.2. The van der Waals surface area contributed by atoms with E-state index in [2.05, 4.69) is 10.6 Å². The molecule has 2 aromatic rings. The highest BCUT2D eigenvalue weighted by Gasteiger charge is 2.29. The lowest BCUT2D eigenvalue weighted by Gasteiger charge is -2.09. The van der Waals surface area contributed by atoms with Crippen molar-refractivity contribution in [3.63, 3.8) is 0 Å². The van der Waals surface area contributed by atoms with Crippen LogP contribution in [0.5, 0.6) is 0 Å². The van der Waals surface area contributed by atoms with Crippen LogP contribution < -0.4 is 10.6 Å². The second-order valence-electron chi connectivity index (χ2n) is 6.52. The van der Waals surface area contributed by atoms with E-state index in [1.54, 1.807) is 0 Å². The standard InChI is InChI=1S/C20H22N2O2/c1-13-9-14(2)11-17(10-13)19(23)21-12-15-3-7-18(8-4-15)22-20(24)16-5-6-16/h3-4,7-11,16H,5-6,12H2,1-2H3,(H,21,23)(H,22,24). The Morgan fingerprint density at radius 1 is 1.00 bits per heavy atom. The van der Waals surface area contributed by atoms with Crippen molar-refractivity contribution in [1.29, 1.82) is 0 Å². The molecule has 0 saturated heterocycles. The second-order valence-corrected chi connectivity index (χ2v) is 6.52. The summed E-state index contributed by atoms with van der Waals surface area (Å²) in [6, 6.07) is 13.4. The molecule has 0 bridgehead atoms. The molecule has 0 radical (unpaired) electrons. The van der Waals surface area contributed by atoms with Gasteiger partial charge in [-0.1, -0.05) is 29.3 Å². The zero-order valence-electron chi connectivity index (χ0n) is 14.1. The third kappa shape index (κ3) is 4.22. The minimum Gasteiger partial charge on any atom is -0.348 e. The Labute approximate surface area is 142 Å². The van der Waals surface area contributed by atoms with Crippen molar-refractivity contribution in [2.24, 2.45) is 5.92 Å². The molecule has 24 heavy (non-hydrogen) atoms. The maximum Gasteiger partial charge on any atom is 0.251 e. The van der Waals surface area contributed by atoms with Crippen LogP contribution in [0.1, 0.15) is 39.9 Å². The number of hydrogen-bond donors (Lipinski definition) is 2. The molecule has 1 aliphatic carbocycles. The largest absolute Gasteiger partial charge is 0.348 e. The summed E-state index contributed by atoms with van der Waals surface area (Å²) in [5.74, 6) is 0.223. The van der Waals surface area contributed by atoms with Gasteiger partial charge in [0.1, 0.15) is 0 Å². The lowest BCUT2D eigenvalue weighted by atomic mass is 10.1. The highest BCUT2D eigenvalue weighted by atomic mass is 16.2. The summed E-state index contributed by atoms with van der Waals surface area (Å²) in [4.78, 5) is 24.0. The van der Waals surface area contributed by atoms with Crippen LogP contribution in [-0.4, -0.2) is 11.8 Å². The van der Waals surface area contributed by atoms with Crippen LogP contribution in [0.2, 0.25) is 0 Å². The Kier molecular flexibility index (Phi) is 4.65. The number of carbonyl (C=O) groups excluding carboxylic acids is 2. The number of rotatable bonds is 5. The summed E-state index contributed by atoms with van der Waals surface area (Å²) in [6.07, 6.45) is 1.99. The van der Waals surface area contributed by atoms with E-state index in [1.165, 1.54) is 0 Å². The fourth-order valence-corrected chi connectivity index (χ4v) is 2.69. The molecule has 0 aliphatic heterocycles. The maximum absolute atomic E-state index is 12.2. The Bertz CT molecular complexity index is 741. The Morgan fingerprint density at radius 2 is 1.62 bits per heavy atom. The van der Waals surface area contributed by atoms with Gasteiger partial charge in [0.15, 0.2) is 0 Å². The molecular weight excluding hydrogens is 300 g/mol. The highest BCUT2D eigenvalue weighted by Crippen LogP contribution is 2.30. The van der Waals surface area contributed by atoms with Gasteiger partial charge < -0.3 is 10.6 Å². The molecule has 4 nitrogen and oxygen atoms in total. The van der Waals surface area contributed by atoms with Crippen LogP contribution in [0.3, 0.4) is 0 Å². The molecular formula is C20H22N2O2. The number of benzene rings is 2. The van der Waals surface area contributed by atoms with Crippen LogP contribution >= 0.6 is 0 Å². The molecule has 0 heterocycles. The molecule has 0 spiro atoms. The SMILES string of the molecule is Cc1cc(C)cc(C(=O)NCc2ccc(NC(=O)C3CC3)cc2)c1. The first-order chi connectivity index (χ1) is 11.5. The lowest BCUT2D eigenvalue weighted by molar-refractivity contribution is -0.117. The molecule has 4 heteroatoms. The summed E-state index contributed by atoms with van der Waals surface area (Å²) in [6.45, 7) is 4.43. The van der Waals surface area contributed by atoms with Crippen molar-refractivity contribution in [3.8, 4) is 0 Å². The Morgan fingerprint density at radius 3 is 2.21 bits per heavy atom. The molecule has 2 aromatic carbocycles. The van der Waals surface area contributed by atoms with Crippen LogP contribution in [-0.2, 0) is 11.3 Å². The molecule has 1 fully saturated rings. The molecule has 2 amide bonds. The van der Waals surface area contributed by atoms with Crippen LogP contribution in [0.15, 0.2) is 42.5 Å². The van der Waals surface area contributed by atoms with E-state index in [0.29, 0.717) is 12.1 Å². The molecule has 0 atom stereocenters. The van der Waals surface area contributed by atoms with Gasteiger partial charge >= 0.3 is 0 Å². The minimum absolute atomic E-state index is 0.0760. The van der Waals surface area contributed by atoms with Crippen molar-refractivity contribution in [2.75, 3.05) is 5.32 Å². The van der Waals surface area contributed by atoms with E-state index in [1.807, 2.05) is 56.3 Å². The van der Waals surface area contributed by atoms with E-state index < -0.39 is 0 Å². The molecule has 1 aliphatic rings. The van der Waals surface area contributed by atoms with Crippen LogP contribution in [0.4, 0.5) is 5.69 Å². The van der Waals surface area contributed by atoms with Crippen molar-refractivity contribution in [3.05, 3.63) is 64.7 Å². The highest BCUT2D eigenvalue weighted by molar-refractivity contribution is 5.95. The van der Waals surface area contributed by atoms with E-state index in [-0.39, 0.29) is 17.7 Å². The van der Waals surface area contributed by atoms with Gasteiger partial charge in [-0.25, -0.2) is 0 Å². The molecule has 0 aromatic heterocycles. The van der Waals surface area contributed by atoms with Gasteiger partial charge in [-0.15, -0.1) is 0 Å². The summed E-state index contributed by atoms with van der Waals surface area (Å²) < 4.78 is 0. The second kappa shape index (κ2) is 6.87. The van der Waals surface area contributed by atoms with E-state index in [0.717, 1.165) is 35.2 Å². The summed E-state index contributed by atoms with van der Waals surface area (Å²) in [5.41, 5.74) is 4.64. The van der Waals surface area contributed by atoms with Gasteiger partial charge in [0, 0.05) is 23.7 Å². The predicted molar refractivity (Wildman–Crippen MR) is 94.9 cm³/mol. The van der Waals surface area contributed by atoms with Crippen molar-refractivity contribution in [2.45, 2.75) is 33.2 Å². The smallest absolute Gasteiger partial charge is 0.251 e. The minimum atomic E-state index is -0.0760. The van der Waals surface area contributed by atoms with Gasteiger partial charge in [0.2, 0.25) is 5.91 Å². The van der Waals surface area contributed by atoms with Crippen molar-refractivity contribution >= 4 is 17.5 Å². The maximum atomic E-state index is 12.2. The third-order valence-electron chi connectivity index (χ3n) is 4.11. The molecule has 1 saturated carbocycles. The Hall–Kier alpha value is -2.62. The fourth-order valence-electron chi connectivity index (χ4n) is 2.69. The average Bonchev–Trinajstić information content (AvgIpc) is 3.38. The van der Waals surface area contributed by atoms with Crippen molar-refractivity contribution in [1.82, 2.24) is 5.32 Å². The average molecular weight is 322 g/mol. The number of hydrogen-bond acceptors (Lipinski definition) is 2. The Balaban J connectivity index is 1.55. The summed E-state index contributed by atoms with van der Waals surface area (Å²) in [5, 5.41) is 5.84. The van der Waals surface area contributed by atoms with E-state index in [4.69, 9.17) is 0 Å². The van der Waals surface area contributed by atoms with E-state index in [9.17, 15) is 9.59 Å². The molecule has 124 valence electrons. The number of amides is 2. The van der Waals surface area contributed by atoms with Crippen LogP contribution in [0.25, 0.3) is 0 Å². The topological polar surface area (TPSA) is 58.2 Å². The third-order valence-corrected chi connectivity index (χ3v) is 4.11. The summed E-state index contributed by atoms with van der Waals surface area (Å²) in [7, 11) is 0. The fraction of sp³-hybridized carbons (Fsp3) is 0.300. The lowest BCUT2D eigenvalue weighted by Crippen LogP contribution is -2.23. The van der Waals surface area contributed by atoms with Crippen molar-refractivity contribution < 1.29 is 9.59 Å². The number of aryl methyl sites for hydroxylation is 2. The molecule has 2 N–H and O–H groups in total. The number of anilines is 1. The zero-order chi connectivity index (χ0) is 17.1.